The van der Waals surface area contributed by atoms with Crippen molar-refractivity contribution in [3.05, 3.63) is 33.6 Å². The first-order valence-electron chi connectivity index (χ1n) is 15.8. The first kappa shape index (κ1) is 28.3. The van der Waals surface area contributed by atoms with Crippen LogP contribution in [0.2, 0.25) is 0 Å². The van der Waals surface area contributed by atoms with E-state index in [4.69, 9.17) is 5.10 Å². The van der Waals surface area contributed by atoms with Gasteiger partial charge in [-0.1, -0.05) is 50.4 Å². The summed E-state index contributed by atoms with van der Waals surface area (Å²) in [5, 5.41) is 29.0. The molecule has 5 unspecified atom stereocenters. The van der Waals surface area contributed by atoms with Gasteiger partial charge in [0.15, 0.2) is 10.1 Å². The number of hydrogen-bond acceptors (Lipinski definition) is 7. The summed E-state index contributed by atoms with van der Waals surface area (Å²) in [7, 11) is 0. The molecule has 2 N–H and O–H groups in total. The number of rotatable bonds is 5. The molecule has 5 aliphatic rings. The van der Waals surface area contributed by atoms with Gasteiger partial charge in [-0.15, -0.1) is 11.3 Å². The Kier molecular flexibility index (Phi) is 6.92. The normalized spacial score (nSPS) is 38.5. The van der Waals surface area contributed by atoms with Gasteiger partial charge < -0.3 is 10.2 Å². The number of ketones is 1. The molecule has 0 spiro atoms. The van der Waals surface area contributed by atoms with E-state index in [1.807, 2.05) is 6.92 Å². The second kappa shape index (κ2) is 10.0. The lowest BCUT2D eigenvalue weighted by atomic mass is 9.45. The Balaban J connectivity index is 1.13. The molecule has 2 heterocycles. The number of hydrogen-bond donors (Lipinski definition) is 2. The van der Waals surface area contributed by atoms with Crippen molar-refractivity contribution in [3.8, 4) is 0 Å². The number of fused-ring (bicyclic) bond motifs is 6. The first-order chi connectivity index (χ1) is 19.5. The number of aliphatic hydroxyl groups is 2. The maximum absolute atomic E-state index is 13.7. The van der Waals surface area contributed by atoms with E-state index in [9.17, 15) is 15.0 Å². The van der Waals surface area contributed by atoms with Gasteiger partial charge in [0.05, 0.1) is 35.5 Å². The molecule has 5 aliphatic carbocycles. The van der Waals surface area contributed by atoms with E-state index in [0.29, 0.717) is 24.8 Å². The zero-order valence-electron chi connectivity index (χ0n) is 25.0. The molecule has 0 amide bonds. The molecule has 6 nitrogen and oxygen atoms in total. The summed E-state index contributed by atoms with van der Waals surface area (Å²) < 4.78 is 3.21. The van der Waals surface area contributed by atoms with Crippen molar-refractivity contribution in [2.75, 3.05) is 5.75 Å². The van der Waals surface area contributed by atoms with E-state index in [2.05, 4.69) is 42.7 Å². The molecular formula is C33H45N3O3S2. The standard InChI is InChI=1S/C33H45N3O3S2/c1-19-20(2)41-30(35-19)40-18-28(38)33(39)13-12-25-24-11-10-22-14-26-21(17-34-36(26)23-8-6-5-7-9-23)15-31(22,3)29(24)27(37)16-32(25,33)4/h14,17,23-25,27,29,37,39H,5-13,15-16,18H2,1-4H3/t24?,25?,27-,29?,31?,32?,33-/m0/s1. The third-order valence-corrected chi connectivity index (χ3v) is 14.5. The molecule has 7 atom stereocenters. The lowest BCUT2D eigenvalue weighted by molar-refractivity contribution is -0.177. The smallest absolute Gasteiger partial charge is 0.175 e. The zero-order valence-corrected chi connectivity index (χ0v) is 26.6. The van der Waals surface area contributed by atoms with Gasteiger partial charge in [-0.05, 0) is 100 Å². The molecule has 2 aromatic heterocycles. The highest BCUT2D eigenvalue weighted by molar-refractivity contribution is 8.01. The van der Waals surface area contributed by atoms with Gasteiger partial charge in [0.25, 0.3) is 0 Å². The van der Waals surface area contributed by atoms with E-state index >= 15 is 0 Å². The Bertz CT molecular complexity index is 1370. The number of thiazole rings is 1. The minimum atomic E-state index is -1.39. The predicted molar refractivity (Wildman–Crippen MR) is 164 cm³/mol. The molecule has 8 heteroatoms. The van der Waals surface area contributed by atoms with Crippen molar-refractivity contribution in [3.63, 3.8) is 0 Å². The van der Waals surface area contributed by atoms with Gasteiger partial charge in [0, 0.05) is 10.3 Å². The molecule has 4 saturated carbocycles. The molecule has 222 valence electrons. The monoisotopic (exact) mass is 595 g/mol. The minimum absolute atomic E-state index is 0.0938. The molecule has 0 saturated heterocycles. The number of allylic oxidation sites excluding steroid dienone is 1. The number of carbonyl (C=O) groups is 1. The minimum Gasteiger partial charge on any atom is -0.393 e. The SMILES string of the molecule is Cc1nc(SCC(=O)[C@@]2(O)CCC3C4CCC5=Cc6c(cnn6C6CCCCC6)CC5(C)C4[C@@H](O)CC32C)sc1C. The van der Waals surface area contributed by atoms with E-state index in [0.717, 1.165) is 35.7 Å². The van der Waals surface area contributed by atoms with E-state index in [1.54, 1.807) is 11.3 Å². The highest BCUT2D eigenvalue weighted by Crippen LogP contribution is 2.67. The first-order valence-corrected chi connectivity index (χ1v) is 17.6. The van der Waals surface area contributed by atoms with Crippen LogP contribution in [0.1, 0.15) is 106 Å². The van der Waals surface area contributed by atoms with E-state index in [1.165, 1.54) is 65.6 Å². The quantitative estimate of drug-likeness (QED) is 0.374. The lowest BCUT2D eigenvalue weighted by Crippen LogP contribution is -2.62. The summed E-state index contributed by atoms with van der Waals surface area (Å²) >= 11 is 3.07. The number of aryl methyl sites for hydroxylation is 2. The number of thioether (sulfide) groups is 1. The van der Waals surface area contributed by atoms with Gasteiger partial charge in [-0.3, -0.25) is 9.48 Å². The molecule has 0 aromatic carbocycles. The highest BCUT2D eigenvalue weighted by Gasteiger charge is 2.68. The van der Waals surface area contributed by atoms with E-state index < -0.39 is 17.1 Å². The maximum Gasteiger partial charge on any atom is 0.175 e. The molecular weight excluding hydrogens is 551 g/mol. The van der Waals surface area contributed by atoms with Gasteiger partial charge >= 0.3 is 0 Å². The average Bonchev–Trinajstić information content (AvgIpc) is 3.58. The fraction of sp³-hybridized carbons (Fsp3) is 0.727. The van der Waals surface area contributed by atoms with Gasteiger partial charge in [-0.25, -0.2) is 4.98 Å². The van der Waals surface area contributed by atoms with Crippen LogP contribution in [0.5, 0.6) is 0 Å². The highest BCUT2D eigenvalue weighted by atomic mass is 32.2. The Morgan fingerprint density at radius 1 is 1.17 bits per heavy atom. The number of carbonyl (C=O) groups excluding carboxylic acids is 1. The molecule has 0 aliphatic heterocycles. The van der Waals surface area contributed by atoms with Gasteiger partial charge in [0.1, 0.15) is 5.60 Å². The number of nitrogens with zero attached hydrogens (tertiary/aromatic N) is 3. The van der Waals surface area contributed by atoms with Crippen LogP contribution in [-0.2, 0) is 11.2 Å². The van der Waals surface area contributed by atoms with Crippen LogP contribution in [0.25, 0.3) is 6.08 Å². The van der Waals surface area contributed by atoms with Gasteiger partial charge in [0.2, 0.25) is 0 Å². The van der Waals surface area contributed by atoms with Crippen molar-refractivity contribution >= 4 is 35.0 Å². The largest absolute Gasteiger partial charge is 0.393 e. The second-order valence-corrected chi connectivity index (χ2v) is 16.7. The van der Waals surface area contributed by atoms with Crippen LogP contribution in [0.4, 0.5) is 0 Å². The molecule has 2 aromatic rings. The van der Waals surface area contributed by atoms with Crippen LogP contribution in [0, 0.1) is 42.4 Å². The average molecular weight is 596 g/mol. The summed E-state index contributed by atoms with van der Waals surface area (Å²) in [6.07, 6.45) is 15.2. The van der Waals surface area contributed by atoms with Gasteiger partial charge in [-0.2, -0.15) is 5.10 Å². The molecule has 4 fully saturated rings. The number of aliphatic hydroxyl groups excluding tert-OH is 1. The van der Waals surface area contributed by atoms with Crippen molar-refractivity contribution in [2.45, 2.75) is 120 Å². The Morgan fingerprint density at radius 3 is 2.68 bits per heavy atom. The summed E-state index contributed by atoms with van der Waals surface area (Å²) in [6, 6.07) is 0.515. The van der Waals surface area contributed by atoms with Crippen LogP contribution in [-0.4, -0.2) is 48.2 Å². The van der Waals surface area contributed by atoms with Crippen LogP contribution in [0.3, 0.4) is 0 Å². The van der Waals surface area contributed by atoms with Crippen molar-refractivity contribution < 1.29 is 15.0 Å². The third-order valence-electron chi connectivity index (χ3n) is 12.3. The van der Waals surface area contributed by atoms with Crippen LogP contribution >= 0.6 is 23.1 Å². The van der Waals surface area contributed by atoms with Crippen molar-refractivity contribution in [1.29, 1.82) is 0 Å². The predicted octanol–water partition coefficient (Wildman–Crippen LogP) is 6.71. The lowest BCUT2D eigenvalue weighted by Gasteiger charge is -2.60. The Labute approximate surface area is 252 Å². The number of Topliss-reactive ketones (excluding diaryl/α,β-unsaturated/α-hetero) is 1. The van der Waals surface area contributed by atoms with Crippen molar-refractivity contribution in [1.82, 2.24) is 14.8 Å². The Morgan fingerprint density at radius 2 is 1.95 bits per heavy atom. The third kappa shape index (κ3) is 4.21. The van der Waals surface area contributed by atoms with Crippen LogP contribution in [0.15, 0.2) is 16.1 Å². The zero-order chi connectivity index (χ0) is 28.7. The molecule has 41 heavy (non-hydrogen) atoms. The summed E-state index contributed by atoms with van der Waals surface area (Å²) in [4.78, 5) is 19.5. The topological polar surface area (TPSA) is 88.2 Å². The Hall–Kier alpha value is -1.48. The number of aromatic nitrogens is 3. The summed E-state index contributed by atoms with van der Waals surface area (Å²) in [6.45, 7) is 8.53. The second-order valence-electron chi connectivity index (χ2n) is 14.3. The summed E-state index contributed by atoms with van der Waals surface area (Å²) in [5.74, 6) is 0.820. The summed E-state index contributed by atoms with van der Waals surface area (Å²) in [5.41, 5.74) is 3.00. The molecule has 0 bridgehead atoms. The molecule has 7 rings (SSSR count). The maximum atomic E-state index is 13.7. The van der Waals surface area contributed by atoms with Crippen molar-refractivity contribution in [2.24, 2.45) is 28.6 Å². The van der Waals surface area contributed by atoms with Crippen LogP contribution < -0.4 is 0 Å². The van der Waals surface area contributed by atoms with E-state index in [-0.39, 0.29) is 28.8 Å². The fourth-order valence-corrected chi connectivity index (χ4v) is 12.2. The molecule has 0 radical (unpaired) electrons. The fourth-order valence-electron chi connectivity index (χ4n) is 10.0.